The lowest BCUT2D eigenvalue weighted by molar-refractivity contribution is 0.402. The molecule has 0 N–H and O–H groups in total. The SMILES string of the molecule is COc1ccc2oc(-c3cc(CN(C)C)ccc3C#N)cc2c1. The van der Waals surface area contributed by atoms with Crippen LogP contribution in [0.25, 0.3) is 22.3 Å². The Kier molecular flexibility index (Phi) is 4.05. The predicted molar refractivity (Wildman–Crippen MR) is 90.3 cm³/mol. The van der Waals surface area contributed by atoms with Crippen molar-refractivity contribution in [1.82, 2.24) is 4.90 Å². The third kappa shape index (κ3) is 3.05. The summed E-state index contributed by atoms with van der Waals surface area (Å²) in [5.74, 6) is 1.48. The molecule has 2 aromatic carbocycles. The predicted octanol–water partition coefficient (Wildman–Crippen LogP) is 4.04. The highest BCUT2D eigenvalue weighted by molar-refractivity contribution is 5.85. The standard InChI is InChI=1S/C19H18N2O2/c1-21(2)12-13-4-5-14(11-20)17(8-13)19-10-15-9-16(22-3)6-7-18(15)23-19/h4-10H,12H2,1-3H3. The van der Waals surface area contributed by atoms with E-state index >= 15 is 0 Å². The fraction of sp³-hybridized carbons (Fsp3) is 0.211. The maximum absolute atomic E-state index is 9.39. The quantitative estimate of drug-likeness (QED) is 0.730. The molecule has 4 nitrogen and oxygen atoms in total. The highest BCUT2D eigenvalue weighted by Crippen LogP contribution is 2.32. The molecule has 0 radical (unpaired) electrons. The molecule has 1 heterocycles. The van der Waals surface area contributed by atoms with Gasteiger partial charge in [0.05, 0.1) is 18.7 Å². The van der Waals surface area contributed by atoms with E-state index in [-0.39, 0.29) is 0 Å². The van der Waals surface area contributed by atoms with Gasteiger partial charge in [0.25, 0.3) is 0 Å². The molecule has 3 rings (SSSR count). The van der Waals surface area contributed by atoms with Crippen molar-refractivity contribution in [2.45, 2.75) is 6.54 Å². The summed E-state index contributed by atoms with van der Waals surface area (Å²) in [5.41, 5.74) is 3.35. The van der Waals surface area contributed by atoms with E-state index in [1.54, 1.807) is 7.11 Å². The smallest absolute Gasteiger partial charge is 0.136 e. The maximum Gasteiger partial charge on any atom is 0.136 e. The minimum absolute atomic E-state index is 0.610. The molecule has 0 aliphatic rings. The molecule has 0 aliphatic carbocycles. The lowest BCUT2D eigenvalue weighted by Crippen LogP contribution is -2.10. The molecule has 0 unspecified atom stereocenters. The topological polar surface area (TPSA) is 49.4 Å². The van der Waals surface area contributed by atoms with Gasteiger partial charge in [0.1, 0.15) is 17.1 Å². The highest BCUT2D eigenvalue weighted by atomic mass is 16.5. The Bertz CT molecular complexity index is 888. The molecule has 4 heteroatoms. The number of benzene rings is 2. The monoisotopic (exact) mass is 306 g/mol. The Labute approximate surface area is 135 Å². The first kappa shape index (κ1) is 15.1. The van der Waals surface area contributed by atoms with Crippen LogP contribution in [0.3, 0.4) is 0 Å². The van der Waals surface area contributed by atoms with E-state index in [2.05, 4.69) is 11.0 Å². The Hall–Kier alpha value is -2.77. The van der Waals surface area contributed by atoms with Crippen LogP contribution >= 0.6 is 0 Å². The Morgan fingerprint density at radius 2 is 1.96 bits per heavy atom. The average molecular weight is 306 g/mol. The maximum atomic E-state index is 9.39. The first-order valence-electron chi connectivity index (χ1n) is 7.36. The van der Waals surface area contributed by atoms with E-state index in [0.717, 1.165) is 34.4 Å². The van der Waals surface area contributed by atoms with Gasteiger partial charge in [-0.15, -0.1) is 0 Å². The highest BCUT2D eigenvalue weighted by Gasteiger charge is 2.12. The van der Waals surface area contributed by atoms with Crippen LogP contribution < -0.4 is 4.74 Å². The number of fused-ring (bicyclic) bond motifs is 1. The first-order chi connectivity index (χ1) is 11.1. The Morgan fingerprint density at radius 3 is 2.65 bits per heavy atom. The summed E-state index contributed by atoms with van der Waals surface area (Å²) in [7, 11) is 5.68. The fourth-order valence-electron chi connectivity index (χ4n) is 2.64. The van der Waals surface area contributed by atoms with Crippen LogP contribution in [0.2, 0.25) is 0 Å². The van der Waals surface area contributed by atoms with Crippen molar-refractivity contribution in [2.24, 2.45) is 0 Å². The Morgan fingerprint density at radius 1 is 1.13 bits per heavy atom. The summed E-state index contributed by atoms with van der Waals surface area (Å²) in [4.78, 5) is 2.09. The number of nitrogens with zero attached hydrogens (tertiary/aromatic N) is 2. The van der Waals surface area contributed by atoms with Gasteiger partial charge in [-0.1, -0.05) is 6.07 Å². The molecule has 23 heavy (non-hydrogen) atoms. The summed E-state index contributed by atoms with van der Waals surface area (Å²) >= 11 is 0. The van der Waals surface area contributed by atoms with Gasteiger partial charge in [-0.3, -0.25) is 0 Å². The fourth-order valence-corrected chi connectivity index (χ4v) is 2.64. The zero-order valence-corrected chi connectivity index (χ0v) is 13.5. The molecule has 0 aliphatic heterocycles. The molecule has 0 saturated heterocycles. The van der Waals surface area contributed by atoms with E-state index in [1.165, 1.54) is 0 Å². The molecule has 0 fully saturated rings. The van der Waals surface area contributed by atoms with Gasteiger partial charge in [-0.2, -0.15) is 5.26 Å². The third-order valence-electron chi connectivity index (χ3n) is 3.69. The second-order valence-electron chi connectivity index (χ2n) is 5.74. The van der Waals surface area contributed by atoms with Crippen LogP contribution in [0, 0.1) is 11.3 Å². The van der Waals surface area contributed by atoms with Gasteiger partial charge in [-0.25, -0.2) is 0 Å². The molecule has 3 aromatic rings. The second kappa shape index (κ2) is 6.15. The average Bonchev–Trinajstić information content (AvgIpc) is 2.97. The zero-order valence-electron chi connectivity index (χ0n) is 13.5. The van der Waals surface area contributed by atoms with Crippen LogP contribution in [0.5, 0.6) is 5.75 Å². The van der Waals surface area contributed by atoms with Gasteiger partial charge in [0.2, 0.25) is 0 Å². The summed E-state index contributed by atoms with van der Waals surface area (Å²) in [6, 6.07) is 15.7. The molecule has 0 spiro atoms. The van der Waals surface area contributed by atoms with E-state index < -0.39 is 0 Å². The van der Waals surface area contributed by atoms with Crippen molar-refractivity contribution >= 4 is 11.0 Å². The van der Waals surface area contributed by atoms with Gasteiger partial charge in [0, 0.05) is 17.5 Å². The Balaban J connectivity index is 2.11. The molecular weight excluding hydrogens is 288 g/mol. The number of methoxy groups -OCH3 is 1. The van der Waals surface area contributed by atoms with Crippen molar-refractivity contribution in [3.05, 3.63) is 53.6 Å². The summed E-state index contributed by atoms with van der Waals surface area (Å²) < 4.78 is 11.2. The van der Waals surface area contributed by atoms with E-state index in [0.29, 0.717) is 11.3 Å². The number of furan rings is 1. The minimum Gasteiger partial charge on any atom is -0.497 e. The lowest BCUT2D eigenvalue weighted by Gasteiger charge is -2.11. The van der Waals surface area contributed by atoms with E-state index in [4.69, 9.17) is 9.15 Å². The van der Waals surface area contributed by atoms with Crippen molar-refractivity contribution < 1.29 is 9.15 Å². The van der Waals surface area contributed by atoms with E-state index in [9.17, 15) is 5.26 Å². The summed E-state index contributed by atoms with van der Waals surface area (Å²) in [6.07, 6.45) is 0. The van der Waals surface area contributed by atoms with Crippen molar-refractivity contribution in [1.29, 1.82) is 5.26 Å². The molecule has 0 amide bonds. The molecular formula is C19H18N2O2. The van der Waals surface area contributed by atoms with Crippen molar-refractivity contribution in [2.75, 3.05) is 21.2 Å². The number of ether oxygens (including phenoxy) is 1. The molecule has 0 saturated carbocycles. The normalized spacial score (nSPS) is 10.9. The van der Waals surface area contributed by atoms with Gasteiger partial charge < -0.3 is 14.1 Å². The van der Waals surface area contributed by atoms with Gasteiger partial charge in [0.15, 0.2) is 0 Å². The molecule has 0 atom stereocenters. The largest absolute Gasteiger partial charge is 0.497 e. The van der Waals surface area contributed by atoms with Crippen LogP contribution in [0.1, 0.15) is 11.1 Å². The molecule has 0 bridgehead atoms. The van der Waals surface area contributed by atoms with Crippen molar-refractivity contribution in [3.8, 4) is 23.1 Å². The minimum atomic E-state index is 0.610. The molecule has 116 valence electrons. The summed E-state index contributed by atoms with van der Waals surface area (Å²) in [5, 5.41) is 10.3. The number of hydrogen-bond acceptors (Lipinski definition) is 4. The first-order valence-corrected chi connectivity index (χ1v) is 7.36. The van der Waals surface area contributed by atoms with E-state index in [1.807, 2.05) is 56.6 Å². The van der Waals surface area contributed by atoms with Gasteiger partial charge in [-0.05, 0) is 56.1 Å². The lowest BCUT2D eigenvalue weighted by atomic mass is 10.0. The zero-order chi connectivity index (χ0) is 16.4. The summed E-state index contributed by atoms with van der Waals surface area (Å²) in [6.45, 7) is 0.812. The second-order valence-corrected chi connectivity index (χ2v) is 5.74. The third-order valence-corrected chi connectivity index (χ3v) is 3.69. The van der Waals surface area contributed by atoms with Crippen LogP contribution in [0.15, 0.2) is 46.9 Å². The molecule has 1 aromatic heterocycles. The number of nitriles is 1. The number of rotatable bonds is 4. The number of hydrogen-bond donors (Lipinski definition) is 0. The van der Waals surface area contributed by atoms with Crippen molar-refractivity contribution in [3.63, 3.8) is 0 Å². The van der Waals surface area contributed by atoms with Gasteiger partial charge >= 0.3 is 0 Å². The van der Waals surface area contributed by atoms with Crippen LogP contribution in [0.4, 0.5) is 0 Å². The van der Waals surface area contributed by atoms with Crippen LogP contribution in [-0.4, -0.2) is 26.1 Å². The van der Waals surface area contributed by atoms with Crippen LogP contribution in [-0.2, 0) is 6.54 Å².